The lowest BCUT2D eigenvalue weighted by molar-refractivity contribution is -0.140. The number of nitrogens with one attached hydrogen (secondary N) is 2. The number of carbonyl (C=O) groups is 3. The molecule has 4 aromatic carbocycles. The number of hydrogen-bond donors (Lipinski definition) is 2. The molecule has 2 atom stereocenters. The third kappa shape index (κ3) is 10.2. The predicted octanol–water partition coefficient (Wildman–Crippen LogP) is 8.45. The van der Waals surface area contributed by atoms with Gasteiger partial charge in [-0.15, -0.1) is 0 Å². The van der Waals surface area contributed by atoms with Crippen molar-refractivity contribution in [1.29, 1.82) is 0 Å². The Bertz CT molecular complexity index is 1570. The molecule has 7 heteroatoms. The largest absolute Gasteiger partial charge is 0.444 e. The van der Waals surface area contributed by atoms with Crippen LogP contribution in [0.5, 0.6) is 0 Å². The molecule has 2 unspecified atom stereocenters. The Balaban J connectivity index is 1.71. The van der Waals surface area contributed by atoms with Crippen LogP contribution in [0.1, 0.15) is 77.0 Å². The van der Waals surface area contributed by atoms with Crippen LogP contribution in [0.25, 0.3) is 10.8 Å². The highest BCUT2D eigenvalue weighted by molar-refractivity contribution is 6.00. The quantitative estimate of drug-likeness (QED) is 0.138. The molecular formula is C39H47N3O4. The van der Waals surface area contributed by atoms with E-state index in [1.807, 2.05) is 103 Å². The molecule has 0 bridgehead atoms. The van der Waals surface area contributed by atoms with Gasteiger partial charge in [0.05, 0.1) is 0 Å². The fourth-order valence-corrected chi connectivity index (χ4v) is 5.54. The topological polar surface area (TPSA) is 87.7 Å². The third-order valence-corrected chi connectivity index (χ3v) is 7.75. The van der Waals surface area contributed by atoms with Crippen molar-refractivity contribution in [2.45, 2.75) is 83.9 Å². The van der Waals surface area contributed by atoms with Gasteiger partial charge in [-0.25, -0.2) is 4.79 Å². The molecule has 0 aliphatic carbocycles. The molecule has 0 aromatic heterocycles. The van der Waals surface area contributed by atoms with Gasteiger partial charge in [0.25, 0.3) is 5.91 Å². The van der Waals surface area contributed by atoms with Crippen molar-refractivity contribution in [3.05, 3.63) is 114 Å². The Kier molecular flexibility index (Phi) is 12.4. The summed E-state index contributed by atoms with van der Waals surface area (Å²) in [6, 6.07) is 30.8. The zero-order chi connectivity index (χ0) is 32.9. The lowest BCUT2D eigenvalue weighted by atomic mass is 9.99. The number of benzene rings is 4. The van der Waals surface area contributed by atoms with Crippen molar-refractivity contribution in [1.82, 2.24) is 10.2 Å². The van der Waals surface area contributed by atoms with Crippen LogP contribution in [-0.4, -0.2) is 41.0 Å². The van der Waals surface area contributed by atoms with Crippen LogP contribution in [0, 0.1) is 0 Å². The average molecular weight is 622 g/mol. The molecule has 3 amide bonds. The van der Waals surface area contributed by atoms with Crippen LogP contribution in [-0.2, 0) is 20.7 Å². The van der Waals surface area contributed by atoms with E-state index in [0.717, 1.165) is 48.4 Å². The highest BCUT2D eigenvalue weighted by atomic mass is 16.6. The number of rotatable bonds is 14. The third-order valence-electron chi connectivity index (χ3n) is 7.75. The highest BCUT2D eigenvalue weighted by Gasteiger charge is 2.36. The first-order valence-corrected chi connectivity index (χ1v) is 16.3. The van der Waals surface area contributed by atoms with Crippen molar-refractivity contribution in [2.75, 3.05) is 11.9 Å². The van der Waals surface area contributed by atoms with E-state index in [9.17, 15) is 14.4 Å². The Morgan fingerprint density at radius 1 is 0.761 bits per heavy atom. The van der Waals surface area contributed by atoms with E-state index < -0.39 is 23.8 Å². The van der Waals surface area contributed by atoms with Crippen LogP contribution in [0.15, 0.2) is 103 Å². The molecule has 0 aliphatic rings. The van der Waals surface area contributed by atoms with Gasteiger partial charge in [-0.05, 0) is 61.2 Å². The number of carbonyl (C=O) groups excluding carboxylic acids is 3. The standard InChI is InChI=1S/C39H47N3O4/c1-5-6-7-8-17-26-42(37(44)34(27-29-18-11-9-12-19-29)41-38(45)46-39(2,3)4)35(31-21-13-10-14-22-31)36(43)40-33-25-24-30-20-15-16-23-32(30)28-33/h9-16,18-25,28,34-35H,5-8,17,26-27H2,1-4H3,(H,40,43)(H,41,45). The molecule has 7 nitrogen and oxygen atoms in total. The Hall–Kier alpha value is -4.65. The minimum absolute atomic E-state index is 0.249. The normalized spacial score (nSPS) is 12.6. The summed E-state index contributed by atoms with van der Waals surface area (Å²) in [6.45, 7) is 7.87. The first-order chi connectivity index (χ1) is 22.1. The first kappa shape index (κ1) is 34.2. The molecule has 0 fully saturated rings. The Morgan fingerprint density at radius 2 is 1.39 bits per heavy atom. The lowest BCUT2D eigenvalue weighted by Gasteiger charge is -2.34. The second-order valence-electron chi connectivity index (χ2n) is 12.7. The van der Waals surface area contributed by atoms with Crippen LogP contribution >= 0.6 is 0 Å². The SMILES string of the molecule is CCCCCCCN(C(=O)C(Cc1ccccc1)NC(=O)OC(C)(C)C)C(C(=O)Nc1ccc2ccccc2c1)c1ccccc1. The van der Waals surface area contributed by atoms with E-state index >= 15 is 0 Å². The number of hydrogen-bond acceptors (Lipinski definition) is 4. The number of fused-ring (bicyclic) bond motifs is 1. The molecule has 0 heterocycles. The molecule has 2 N–H and O–H groups in total. The minimum atomic E-state index is -0.951. The molecule has 4 aromatic rings. The summed E-state index contributed by atoms with van der Waals surface area (Å²) >= 11 is 0. The van der Waals surface area contributed by atoms with Crippen molar-refractivity contribution >= 4 is 34.4 Å². The molecule has 0 radical (unpaired) electrons. The molecule has 0 aliphatic heterocycles. The summed E-state index contributed by atoms with van der Waals surface area (Å²) in [4.78, 5) is 43.7. The zero-order valence-corrected chi connectivity index (χ0v) is 27.5. The number of unbranched alkanes of at least 4 members (excludes halogenated alkanes) is 4. The van der Waals surface area contributed by atoms with E-state index in [0.29, 0.717) is 17.8 Å². The van der Waals surface area contributed by atoms with Gasteiger partial charge in [-0.1, -0.05) is 124 Å². The van der Waals surface area contributed by atoms with Crippen molar-refractivity contribution < 1.29 is 19.1 Å². The van der Waals surface area contributed by atoms with Crippen LogP contribution in [0.2, 0.25) is 0 Å². The summed E-state index contributed by atoms with van der Waals surface area (Å²) in [5.41, 5.74) is 1.48. The van der Waals surface area contributed by atoms with E-state index in [2.05, 4.69) is 17.6 Å². The maximum atomic E-state index is 14.7. The van der Waals surface area contributed by atoms with Crippen molar-refractivity contribution in [2.24, 2.45) is 0 Å². The predicted molar refractivity (Wildman–Crippen MR) is 186 cm³/mol. The molecule has 0 spiro atoms. The smallest absolute Gasteiger partial charge is 0.408 e. The van der Waals surface area contributed by atoms with E-state index in [-0.39, 0.29) is 18.2 Å². The van der Waals surface area contributed by atoms with E-state index in [1.54, 1.807) is 25.7 Å². The van der Waals surface area contributed by atoms with Crippen LogP contribution in [0.4, 0.5) is 10.5 Å². The lowest BCUT2D eigenvalue weighted by Crippen LogP contribution is -2.53. The minimum Gasteiger partial charge on any atom is -0.444 e. The molecule has 0 saturated carbocycles. The zero-order valence-electron chi connectivity index (χ0n) is 27.5. The van der Waals surface area contributed by atoms with Gasteiger partial charge >= 0.3 is 6.09 Å². The van der Waals surface area contributed by atoms with E-state index in [4.69, 9.17) is 4.74 Å². The summed E-state index contributed by atoms with van der Waals surface area (Å²) in [5.74, 6) is -0.660. The summed E-state index contributed by atoms with van der Waals surface area (Å²) in [5, 5.41) is 8.01. The second-order valence-corrected chi connectivity index (χ2v) is 12.7. The summed E-state index contributed by atoms with van der Waals surface area (Å²) < 4.78 is 5.57. The number of alkyl carbamates (subject to hydrolysis) is 1. The van der Waals surface area contributed by atoms with Gasteiger partial charge in [0.15, 0.2) is 0 Å². The molecular weight excluding hydrogens is 574 g/mol. The van der Waals surface area contributed by atoms with Gasteiger partial charge < -0.3 is 20.3 Å². The van der Waals surface area contributed by atoms with Gasteiger partial charge in [0, 0.05) is 18.7 Å². The summed E-state index contributed by atoms with van der Waals surface area (Å²) in [6.07, 6.45) is 4.47. The average Bonchev–Trinajstić information content (AvgIpc) is 3.03. The number of ether oxygens (including phenoxy) is 1. The second kappa shape index (κ2) is 16.6. The maximum absolute atomic E-state index is 14.7. The van der Waals surface area contributed by atoms with Gasteiger partial charge in [0.1, 0.15) is 17.7 Å². The van der Waals surface area contributed by atoms with Gasteiger partial charge in [-0.3, -0.25) is 9.59 Å². The Morgan fingerprint density at radius 3 is 2.07 bits per heavy atom. The maximum Gasteiger partial charge on any atom is 0.408 e. The highest BCUT2D eigenvalue weighted by Crippen LogP contribution is 2.27. The fraction of sp³-hybridized carbons (Fsp3) is 0.359. The first-order valence-electron chi connectivity index (χ1n) is 16.3. The monoisotopic (exact) mass is 621 g/mol. The number of anilines is 1. The Labute approximate surface area is 273 Å². The van der Waals surface area contributed by atoms with Crippen molar-refractivity contribution in [3.8, 4) is 0 Å². The van der Waals surface area contributed by atoms with Crippen LogP contribution < -0.4 is 10.6 Å². The van der Waals surface area contributed by atoms with E-state index in [1.165, 1.54) is 0 Å². The molecule has 242 valence electrons. The number of amides is 3. The molecule has 4 rings (SSSR count). The van der Waals surface area contributed by atoms with Gasteiger partial charge in [0.2, 0.25) is 5.91 Å². The summed E-state index contributed by atoms with van der Waals surface area (Å²) in [7, 11) is 0. The van der Waals surface area contributed by atoms with Crippen molar-refractivity contribution in [3.63, 3.8) is 0 Å². The number of nitrogens with zero attached hydrogens (tertiary/aromatic N) is 1. The van der Waals surface area contributed by atoms with Crippen LogP contribution in [0.3, 0.4) is 0 Å². The van der Waals surface area contributed by atoms with Gasteiger partial charge in [-0.2, -0.15) is 0 Å². The molecule has 46 heavy (non-hydrogen) atoms. The fourth-order valence-electron chi connectivity index (χ4n) is 5.54. The molecule has 0 saturated heterocycles.